The van der Waals surface area contributed by atoms with Crippen LogP contribution in [0.1, 0.15) is 26.2 Å². The summed E-state index contributed by atoms with van der Waals surface area (Å²) in [5.74, 6) is 1.95. The maximum atomic E-state index is 4.57. The lowest BCUT2D eigenvalue weighted by molar-refractivity contribution is 0.326. The number of hydrogen-bond donors (Lipinski definition) is 2. The quantitative estimate of drug-likeness (QED) is 0.835. The topological polar surface area (TPSA) is 40.2 Å². The SMILES string of the molecule is CCNc1cccc(NC2CCN(C3CC3)C2)n1. The van der Waals surface area contributed by atoms with Gasteiger partial charge in [0.25, 0.3) is 0 Å². The minimum Gasteiger partial charge on any atom is -0.370 e. The molecule has 2 N–H and O–H groups in total. The Hall–Kier alpha value is -1.29. The fraction of sp³-hybridized carbons (Fsp3) is 0.643. The Bertz CT molecular complexity index is 403. The van der Waals surface area contributed by atoms with Crippen LogP contribution in [0.5, 0.6) is 0 Å². The van der Waals surface area contributed by atoms with Gasteiger partial charge in [0, 0.05) is 31.7 Å². The molecular formula is C14H22N4. The molecule has 3 rings (SSSR count). The highest BCUT2D eigenvalue weighted by atomic mass is 15.2. The zero-order chi connectivity index (χ0) is 12.4. The molecule has 0 amide bonds. The van der Waals surface area contributed by atoms with Crippen molar-refractivity contribution in [3.8, 4) is 0 Å². The summed E-state index contributed by atoms with van der Waals surface area (Å²) in [5.41, 5.74) is 0. The number of aromatic nitrogens is 1. The van der Waals surface area contributed by atoms with Gasteiger partial charge in [0.2, 0.25) is 0 Å². The molecule has 2 heterocycles. The second-order valence-electron chi connectivity index (χ2n) is 5.29. The average Bonchev–Trinajstić information content (AvgIpc) is 3.12. The highest BCUT2D eigenvalue weighted by Gasteiger charge is 2.34. The summed E-state index contributed by atoms with van der Waals surface area (Å²) in [6.45, 7) is 5.43. The van der Waals surface area contributed by atoms with E-state index in [1.54, 1.807) is 0 Å². The largest absolute Gasteiger partial charge is 0.370 e. The predicted molar refractivity (Wildman–Crippen MR) is 75.0 cm³/mol. The van der Waals surface area contributed by atoms with Crippen LogP contribution in [0.2, 0.25) is 0 Å². The van der Waals surface area contributed by atoms with Crippen LogP contribution in [0.15, 0.2) is 18.2 Å². The Morgan fingerprint density at radius 2 is 2.11 bits per heavy atom. The Labute approximate surface area is 109 Å². The molecule has 0 aromatic carbocycles. The van der Waals surface area contributed by atoms with E-state index in [-0.39, 0.29) is 0 Å². The van der Waals surface area contributed by atoms with Gasteiger partial charge in [0.05, 0.1) is 0 Å². The molecule has 2 fully saturated rings. The van der Waals surface area contributed by atoms with Gasteiger partial charge in [0.15, 0.2) is 0 Å². The molecule has 1 saturated carbocycles. The lowest BCUT2D eigenvalue weighted by Gasteiger charge is -2.16. The van der Waals surface area contributed by atoms with E-state index < -0.39 is 0 Å². The molecule has 4 nitrogen and oxygen atoms in total. The van der Waals surface area contributed by atoms with Crippen LogP contribution in [0.3, 0.4) is 0 Å². The maximum absolute atomic E-state index is 4.57. The Morgan fingerprint density at radius 3 is 2.89 bits per heavy atom. The molecule has 18 heavy (non-hydrogen) atoms. The van der Waals surface area contributed by atoms with Crippen LogP contribution in [0, 0.1) is 0 Å². The molecule has 2 aliphatic rings. The van der Waals surface area contributed by atoms with Gasteiger partial charge < -0.3 is 10.6 Å². The summed E-state index contributed by atoms with van der Waals surface area (Å²) in [4.78, 5) is 7.19. The molecule has 0 bridgehead atoms. The molecule has 0 radical (unpaired) electrons. The number of nitrogens with one attached hydrogen (secondary N) is 2. The number of rotatable bonds is 5. The van der Waals surface area contributed by atoms with E-state index in [0.29, 0.717) is 6.04 Å². The first kappa shape index (κ1) is 11.8. The van der Waals surface area contributed by atoms with E-state index >= 15 is 0 Å². The van der Waals surface area contributed by atoms with Crippen molar-refractivity contribution in [2.75, 3.05) is 30.3 Å². The second kappa shape index (κ2) is 5.14. The van der Waals surface area contributed by atoms with E-state index in [9.17, 15) is 0 Å². The molecule has 1 aliphatic heterocycles. The van der Waals surface area contributed by atoms with Gasteiger partial charge in [-0.3, -0.25) is 4.90 Å². The summed E-state index contributed by atoms with van der Waals surface area (Å²) >= 11 is 0. The van der Waals surface area contributed by atoms with E-state index in [0.717, 1.165) is 24.2 Å². The molecular weight excluding hydrogens is 224 g/mol. The Kier molecular flexibility index (Phi) is 3.37. The summed E-state index contributed by atoms with van der Waals surface area (Å²) in [7, 11) is 0. The van der Waals surface area contributed by atoms with Crippen LogP contribution in [0.25, 0.3) is 0 Å². The molecule has 1 aliphatic carbocycles. The van der Waals surface area contributed by atoms with Gasteiger partial charge in [-0.1, -0.05) is 6.07 Å². The summed E-state index contributed by atoms with van der Waals surface area (Å²) in [5, 5.41) is 6.81. The number of likely N-dealkylation sites (tertiary alicyclic amines) is 1. The van der Waals surface area contributed by atoms with E-state index in [1.165, 1.54) is 32.4 Å². The monoisotopic (exact) mass is 246 g/mol. The van der Waals surface area contributed by atoms with E-state index in [2.05, 4.69) is 39.6 Å². The third-order valence-electron chi connectivity index (χ3n) is 3.74. The van der Waals surface area contributed by atoms with Crippen molar-refractivity contribution in [3.63, 3.8) is 0 Å². The summed E-state index contributed by atoms with van der Waals surface area (Å²) in [6.07, 6.45) is 4.05. The van der Waals surface area contributed by atoms with Gasteiger partial charge >= 0.3 is 0 Å². The average molecular weight is 246 g/mol. The van der Waals surface area contributed by atoms with Crippen molar-refractivity contribution in [3.05, 3.63) is 18.2 Å². The molecule has 1 aromatic rings. The van der Waals surface area contributed by atoms with Gasteiger partial charge in [-0.05, 0) is 38.3 Å². The van der Waals surface area contributed by atoms with Crippen molar-refractivity contribution < 1.29 is 0 Å². The smallest absolute Gasteiger partial charge is 0.128 e. The molecule has 1 aromatic heterocycles. The summed E-state index contributed by atoms with van der Waals surface area (Å²) < 4.78 is 0. The van der Waals surface area contributed by atoms with Gasteiger partial charge in [0.1, 0.15) is 11.6 Å². The van der Waals surface area contributed by atoms with Crippen LogP contribution >= 0.6 is 0 Å². The van der Waals surface area contributed by atoms with E-state index in [1.807, 2.05) is 6.07 Å². The van der Waals surface area contributed by atoms with Crippen molar-refractivity contribution in [2.24, 2.45) is 0 Å². The number of pyridine rings is 1. The number of hydrogen-bond acceptors (Lipinski definition) is 4. The van der Waals surface area contributed by atoms with Crippen LogP contribution < -0.4 is 10.6 Å². The minimum atomic E-state index is 0.565. The zero-order valence-corrected chi connectivity index (χ0v) is 11.0. The lowest BCUT2D eigenvalue weighted by Crippen LogP contribution is -2.28. The third-order valence-corrected chi connectivity index (χ3v) is 3.74. The first-order chi connectivity index (χ1) is 8.85. The molecule has 1 saturated heterocycles. The third kappa shape index (κ3) is 2.75. The van der Waals surface area contributed by atoms with Crippen LogP contribution in [0.4, 0.5) is 11.6 Å². The summed E-state index contributed by atoms with van der Waals surface area (Å²) in [6, 6.07) is 7.58. The Balaban J connectivity index is 1.57. The molecule has 98 valence electrons. The Morgan fingerprint density at radius 1 is 1.28 bits per heavy atom. The van der Waals surface area contributed by atoms with E-state index in [4.69, 9.17) is 0 Å². The predicted octanol–water partition coefficient (Wildman–Crippen LogP) is 2.16. The van der Waals surface area contributed by atoms with Crippen LogP contribution in [-0.2, 0) is 0 Å². The first-order valence-corrected chi connectivity index (χ1v) is 7.06. The van der Waals surface area contributed by atoms with Gasteiger partial charge in [-0.15, -0.1) is 0 Å². The zero-order valence-electron chi connectivity index (χ0n) is 11.0. The van der Waals surface area contributed by atoms with Gasteiger partial charge in [-0.25, -0.2) is 4.98 Å². The fourth-order valence-electron chi connectivity index (χ4n) is 2.68. The highest BCUT2D eigenvalue weighted by Crippen LogP contribution is 2.30. The fourth-order valence-corrected chi connectivity index (χ4v) is 2.68. The number of anilines is 2. The normalized spacial score (nSPS) is 24.2. The van der Waals surface area contributed by atoms with Crippen LogP contribution in [-0.4, -0.2) is 41.6 Å². The molecule has 0 spiro atoms. The van der Waals surface area contributed by atoms with Gasteiger partial charge in [-0.2, -0.15) is 0 Å². The highest BCUT2D eigenvalue weighted by molar-refractivity contribution is 5.45. The minimum absolute atomic E-state index is 0.565. The lowest BCUT2D eigenvalue weighted by atomic mass is 10.2. The maximum Gasteiger partial charge on any atom is 0.128 e. The molecule has 4 heteroatoms. The molecule has 1 atom stereocenters. The van der Waals surface area contributed by atoms with Crippen molar-refractivity contribution in [1.29, 1.82) is 0 Å². The number of nitrogens with zero attached hydrogens (tertiary/aromatic N) is 2. The standard InChI is InChI=1S/C14H22N4/c1-2-15-13-4-3-5-14(17-13)16-11-8-9-18(10-11)12-6-7-12/h3-5,11-12H,2,6-10H2,1H3,(H2,15,16,17). The second-order valence-corrected chi connectivity index (χ2v) is 5.29. The van der Waals surface area contributed by atoms with Crippen molar-refractivity contribution in [2.45, 2.75) is 38.3 Å². The van der Waals surface area contributed by atoms with Crippen molar-refractivity contribution >= 4 is 11.6 Å². The molecule has 1 unspecified atom stereocenters. The van der Waals surface area contributed by atoms with Crippen molar-refractivity contribution in [1.82, 2.24) is 9.88 Å². The first-order valence-electron chi connectivity index (χ1n) is 7.06.